The topological polar surface area (TPSA) is 127 Å². The van der Waals surface area contributed by atoms with Crippen molar-refractivity contribution in [3.05, 3.63) is 0 Å². The maximum Gasteiger partial charge on any atom is 0.239 e. The van der Waals surface area contributed by atoms with Gasteiger partial charge in [-0.15, -0.1) is 0 Å². The van der Waals surface area contributed by atoms with E-state index in [0.717, 1.165) is 4.90 Å². The van der Waals surface area contributed by atoms with E-state index in [1.807, 2.05) is 0 Å². The average Bonchev–Trinajstić information content (AvgIpc) is 2.49. The first kappa shape index (κ1) is 19.8. The van der Waals surface area contributed by atoms with Crippen LogP contribution in [0.5, 0.6) is 0 Å². The fourth-order valence-electron chi connectivity index (χ4n) is 1.60. The Labute approximate surface area is 129 Å². The summed E-state index contributed by atoms with van der Waals surface area (Å²) in [5, 5.41) is 2.38. The molecule has 0 radical (unpaired) electrons. The SMILES string of the molecule is CCC(=O)CN(CC(=O)NC)C(=O)CCC(=O)CCC(N)=O. The lowest BCUT2D eigenvalue weighted by Crippen LogP contribution is -2.42. The second kappa shape index (κ2) is 10.5. The molecular weight excluding hydrogens is 290 g/mol. The molecule has 3 N–H and O–H groups in total. The van der Waals surface area contributed by atoms with Crippen molar-refractivity contribution in [2.45, 2.75) is 39.0 Å². The standard InChI is InChI=1S/C14H23N3O5/c1-3-10(18)8-17(9-13(21)16-2)14(22)7-5-11(19)4-6-12(15)20/h3-9H2,1-2H3,(H2,15,20)(H,16,21). The fourth-order valence-corrected chi connectivity index (χ4v) is 1.60. The first-order chi connectivity index (χ1) is 10.3. The number of primary amides is 1. The number of rotatable bonds is 11. The highest BCUT2D eigenvalue weighted by molar-refractivity contribution is 5.92. The highest BCUT2D eigenvalue weighted by Crippen LogP contribution is 2.03. The lowest BCUT2D eigenvalue weighted by molar-refractivity contribution is -0.139. The van der Waals surface area contributed by atoms with Gasteiger partial charge < -0.3 is 16.0 Å². The summed E-state index contributed by atoms with van der Waals surface area (Å²) in [5.41, 5.74) is 4.94. The Morgan fingerprint density at radius 2 is 1.50 bits per heavy atom. The molecule has 0 aromatic rings. The van der Waals surface area contributed by atoms with Crippen LogP contribution in [0.3, 0.4) is 0 Å². The molecule has 0 saturated heterocycles. The van der Waals surface area contributed by atoms with Crippen LogP contribution in [0, 0.1) is 0 Å². The highest BCUT2D eigenvalue weighted by Gasteiger charge is 2.19. The largest absolute Gasteiger partial charge is 0.370 e. The van der Waals surface area contributed by atoms with Gasteiger partial charge in [0.2, 0.25) is 17.7 Å². The van der Waals surface area contributed by atoms with E-state index in [1.165, 1.54) is 7.05 Å². The van der Waals surface area contributed by atoms with Crippen molar-refractivity contribution in [1.82, 2.24) is 10.2 Å². The van der Waals surface area contributed by atoms with Crippen LogP contribution in [0.1, 0.15) is 39.0 Å². The number of hydrogen-bond acceptors (Lipinski definition) is 5. The number of Topliss-reactive ketones (excluding diaryl/α,β-unsaturated/α-hetero) is 2. The summed E-state index contributed by atoms with van der Waals surface area (Å²) < 4.78 is 0. The van der Waals surface area contributed by atoms with Gasteiger partial charge in [0.15, 0.2) is 5.78 Å². The number of amides is 3. The van der Waals surface area contributed by atoms with E-state index >= 15 is 0 Å². The minimum atomic E-state index is -0.575. The van der Waals surface area contributed by atoms with Gasteiger partial charge in [0.05, 0.1) is 13.1 Å². The Morgan fingerprint density at radius 3 is 2.00 bits per heavy atom. The number of nitrogens with two attached hydrogens (primary N) is 1. The van der Waals surface area contributed by atoms with E-state index in [-0.39, 0.29) is 56.8 Å². The third kappa shape index (κ3) is 8.83. The zero-order valence-corrected chi connectivity index (χ0v) is 13.0. The Hall–Kier alpha value is -2.25. The zero-order valence-electron chi connectivity index (χ0n) is 13.0. The number of nitrogens with one attached hydrogen (secondary N) is 1. The molecule has 8 heteroatoms. The maximum atomic E-state index is 12.0. The Kier molecular flexibility index (Phi) is 9.40. The molecular formula is C14H23N3O5. The third-order valence-electron chi connectivity index (χ3n) is 3.00. The molecule has 0 aromatic heterocycles. The van der Waals surface area contributed by atoms with Crippen molar-refractivity contribution in [3.8, 4) is 0 Å². The second-order valence-electron chi connectivity index (χ2n) is 4.82. The van der Waals surface area contributed by atoms with E-state index in [4.69, 9.17) is 5.73 Å². The van der Waals surface area contributed by atoms with Gasteiger partial charge in [-0.3, -0.25) is 24.0 Å². The van der Waals surface area contributed by atoms with Crippen LogP contribution in [0.2, 0.25) is 0 Å². The maximum absolute atomic E-state index is 12.0. The van der Waals surface area contributed by atoms with E-state index in [0.29, 0.717) is 0 Å². The van der Waals surface area contributed by atoms with Crippen LogP contribution >= 0.6 is 0 Å². The summed E-state index contributed by atoms with van der Waals surface area (Å²) in [7, 11) is 1.43. The number of hydrogen-bond donors (Lipinski definition) is 2. The van der Waals surface area contributed by atoms with Crippen LogP contribution in [0.25, 0.3) is 0 Å². The number of nitrogens with zero attached hydrogens (tertiary/aromatic N) is 1. The van der Waals surface area contributed by atoms with Gasteiger partial charge in [0, 0.05) is 39.2 Å². The van der Waals surface area contributed by atoms with Gasteiger partial charge in [-0.1, -0.05) is 6.92 Å². The zero-order chi connectivity index (χ0) is 17.1. The van der Waals surface area contributed by atoms with Crippen molar-refractivity contribution >= 4 is 29.3 Å². The molecule has 0 aliphatic rings. The molecule has 0 atom stereocenters. The van der Waals surface area contributed by atoms with Gasteiger partial charge >= 0.3 is 0 Å². The fraction of sp³-hybridized carbons (Fsp3) is 0.643. The number of carbonyl (C=O) groups is 5. The highest BCUT2D eigenvalue weighted by atomic mass is 16.2. The number of likely N-dealkylation sites (N-methyl/N-ethyl adjacent to an activating group) is 1. The first-order valence-corrected chi connectivity index (χ1v) is 7.10. The van der Waals surface area contributed by atoms with Crippen LogP contribution in [0.15, 0.2) is 0 Å². The van der Waals surface area contributed by atoms with Crippen molar-refractivity contribution < 1.29 is 24.0 Å². The first-order valence-electron chi connectivity index (χ1n) is 7.10. The van der Waals surface area contributed by atoms with E-state index < -0.39 is 17.7 Å². The van der Waals surface area contributed by atoms with Crippen molar-refractivity contribution in [2.24, 2.45) is 5.73 Å². The second-order valence-corrected chi connectivity index (χ2v) is 4.82. The summed E-state index contributed by atoms with van der Waals surface area (Å²) in [5.74, 6) is -1.84. The van der Waals surface area contributed by atoms with Gasteiger partial charge in [-0.25, -0.2) is 0 Å². The van der Waals surface area contributed by atoms with Gasteiger partial charge in [0.25, 0.3) is 0 Å². The summed E-state index contributed by atoms with van der Waals surface area (Å²) in [6, 6.07) is 0. The molecule has 0 rings (SSSR count). The van der Waals surface area contributed by atoms with Crippen molar-refractivity contribution in [2.75, 3.05) is 20.1 Å². The molecule has 124 valence electrons. The lowest BCUT2D eigenvalue weighted by Gasteiger charge is -2.20. The summed E-state index contributed by atoms with van der Waals surface area (Å²) in [6.45, 7) is 1.28. The van der Waals surface area contributed by atoms with Gasteiger partial charge in [0.1, 0.15) is 5.78 Å². The van der Waals surface area contributed by atoms with Crippen LogP contribution in [-0.2, 0) is 24.0 Å². The molecule has 0 aliphatic carbocycles. The molecule has 8 nitrogen and oxygen atoms in total. The molecule has 0 fully saturated rings. The van der Waals surface area contributed by atoms with E-state index in [2.05, 4.69) is 5.32 Å². The average molecular weight is 313 g/mol. The van der Waals surface area contributed by atoms with Gasteiger partial charge in [-0.05, 0) is 0 Å². The smallest absolute Gasteiger partial charge is 0.239 e. The quantitative estimate of drug-likeness (QED) is 0.514. The minimum Gasteiger partial charge on any atom is -0.370 e. The molecule has 0 heterocycles. The number of ketones is 2. The van der Waals surface area contributed by atoms with Crippen LogP contribution < -0.4 is 11.1 Å². The molecule has 0 aliphatic heterocycles. The minimum absolute atomic E-state index is 0.00799. The van der Waals surface area contributed by atoms with Crippen LogP contribution in [-0.4, -0.2) is 54.3 Å². The summed E-state index contributed by atoms with van der Waals surface area (Å²) in [6.07, 6.45) is 0.0482. The summed E-state index contributed by atoms with van der Waals surface area (Å²) >= 11 is 0. The molecule has 0 aromatic carbocycles. The number of carbonyl (C=O) groups excluding carboxylic acids is 5. The lowest BCUT2D eigenvalue weighted by atomic mass is 10.1. The van der Waals surface area contributed by atoms with Crippen LogP contribution in [0.4, 0.5) is 0 Å². The van der Waals surface area contributed by atoms with Gasteiger partial charge in [-0.2, -0.15) is 0 Å². The monoisotopic (exact) mass is 313 g/mol. The molecule has 22 heavy (non-hydrogen) atoms. The Bertz CT molecular complexity index is 430. The van der Waals surface area contributed by atoms with Crippen molar-refractivity contribution in [3.63, 3.8) is 0 Å². The predicted octanol–water partition coefficient (Wildman–Crippen LogP) is -0.845. The predicted molar refractivity (Wildman–Crippen MR) is 78.6 cm³/mol. The molecule has 3 amide bonds. The summed E-state index contributed by atoms with van der Waals surface area (Å²) in [4.78, 5) is 58.1. The Morgan fingerprint density at radius 1 is 0.909 bits per heavy atom. The normalized spacial score (nSPS) is 9.91. The third-order valence-corrected chi connectivity index (χ3v) is 3.00. The van der Waals surface area contributed by atoms with E-state index in [9.17, 15) is 24.0 Å². The molecule has 0 unspecified atom stereocenters. The molecule has 0 bridgehead atoms. The molecule has 0 saturated carbocycles. The van der Waals surface area contributed by atoms with Crippen molar-refractivity contribution in [1.29, 1.82) is 0 Å². The molecule has 0 spiro atoms. The Balaban J connectivity index is 4.48. The van der Waals surface area contributed by atoms with E-state index in [1.54, 1.807) is 6.92 Å².